The predicted molar refractivity (Wildman–Crippen MR) is 72.6 cm³/mol. The highest BCUT2D eigenvalue weighted by Crippen LogP contribution is 2.38. The van der Waals surface area contributed by atoms with Gasteiger partial charge in [-0.15, -0.1) is 0 Å². The molecule has 4 nitrogen and oxygen atoms in total. The maximum atomic E-state index is 12.2. The number of hydrogen-bond acceptors (Lipinski definition) is 4. The van der Waals surface area contributed by atoms with Gasteiger partial charge in [-0.3, -0.25) is 5.32 Å². The van der Waals surface area contributed by atoms with Crippen LogP contribution in [0.3, 0.4) is 0 Å². The number of carbonyl (C=O) groups excluding carboxylic acids is 1. The molecule has 0 saturated carbocycles. The Kier molecular flexibility index (Phi) is 4.80. The zero-order valence-corrected chi connectivity index (χ0v) is 12.0. The van der Waals surface area contributed by atoms with E-state index in [2.05, 4.69) is 5.32 Å². The molecule has 1 rings (SSSR count). The van der Waals surface area contributed by atoms with Crippen molar-refractivity contribution in [2.24, 2.45) is 0 Å². The van der Waals surface area contributed by atoms with Gasteiger partial charge in [-0.2, -0.15) is 13.2 Å². The lowest BCUT2D eigenvalue weighted by Crippen LogP contribution is -2.27. The Morgan fingerprint density at radius 1 is 1.30 bits per heavy atom. The van der Waals surface area contributed by atoms with E-state index in [4.69, 9.17) is 10.5 Å². The molecule has 0 aliphatic carbocycles. The van der Waals surface area contributed by atoms with Crippen LogP contribution in [0.1, 0.15) is 20.8 Å². The number of alkyl halides is 3. The summed E-state index contributed by atoms with van der Waals surface area (Å²) in [6.07, 6.45) is -0.722. The number of benzene rings is 1. The average Bonchev–Trinajstić information content (AvgIpc) is 2.17. The van der Waals surface area contributed by atoms with Crippen LogP contribution < -0.4 is 11.1 Å². The smallest absolute Gasteiger partial charge is 0.444 e. The third-order valence-electron chi connectivity index (χ3n) is 1.89. The molecule has 1 aromatic rings. The maximum Gasteiger partial charge on any atom is 0.446 e. The van der Waals surface area contributed by atoms with E-state index < -0.39 is 17.2 Å². The molecule has 0 saturated heterocycles. The first kappa shape index (κ1) is 16.5. The van der Waals surface area contributed by atoms with E-state index >= 15 is 0 Å². The quantitative estimate of drug-likeness (QED) is 0.634. The topological polar surface area (TPSA) is 64.3 Å². The van der Waals surface area contributed by atoms with Crippen molar-refractivity contribution in [1.29, 1.82) is 0 Å². The van der Waals surface area contributed by atoms with E-state index in [1.807, 2.05) is 0 Å². The van der Waals surface area contributed by atoms with E-state index in [9.17, 15) is 18.0 Å². The molecule has 0 aliphatic rings. The molecule has 3 N–H and O–H groups in total. The van der Waals surface area contributed by atoms with Crippen molar-refractivity contribution in [3.05, 3.63) is 18.2 Å². The summed E-state index contributed by atoms with van der Waals surface area (Å²) < 4.78 is 41.6. The van der Waals surface area contributed by atoms with Gasteiger partial charge in [-0.25, -0.2) is 4.79 Å². The molecule has 0 unspecified atom stereocenters. The van der Waals surface area contributed by atoms with Crippen LogP contribution in [0.2, 0.25) is 0 Å². The molecule has 0 radical (unpaired) electrons. The van der Waals surface area contributed by atoms with Crippen LogP contribution in [0.15, 0.2) is 23.1 Å². The van der Waals surface area contributed by atoms with Gasteiger partial charge in [-0.1, -0.05) is 0 Å². The first-order valence-electron chi connectivity index (χ1n) is 5.61. The number of thioether (sulfide) groups is 1. The Morgan fingerprint density at radius 3 is 2.35 bits per heavy atom. The van der Waals surface area contributed by atoms with Gasteiger partial charge in [0.2, 0.25) is 0 Å². The number of ether oxygens (including phenoxy) is 1. The van der Waals surface area contributed by atoms with Crippen LogP contribution in [0.4, 0.5) is 29.3 Å². The van der Waals surface area contributed by atoms with Gasteiger partial charge in [-0.05, 0) is 50.7 Å². The molecule has 0 atom stereocenters. The zero-order valence-electron chi connectivity index (χ0n) is 11.2. The second-order valence-electron chi connectivity index (χ2n) is 4.92. The summed E-state index contributed by atoms with van der Waals surface area (Å²) in [5, 5.41) is 2.38. The van der Waals surface area contributed by atoms with Gasteiger partial charge in [0.25, 0.3) is 0 Å². The summed E-state index contributed by atoms with van der Waals surface area (Å²) >= 11 is -0.271. The average molecular weight is 308 g/mol. The fraction of sp³-hybridized carbons (Fsp3) is 0.417. The number of nitrogen functional groups attached to an aromatic ring is 1. The van der Waals surface area contributed by atoms with E-state index in [1.165, 1.54) is 12.1 Å². The maximum absolute atomic E-state index is 12.2. The van der Waals surface area contributed by atoms with E-state index in [1.54, 1.807) is 20.8 Å². The summed E-state index contributed by atoms with van der Waals surface area (Å²) in [4.78, 5) is 11.5. The first-order chi connectivity index (χ1) is 8.96. The highest BCUT2D eigenvalue weighted by atomic mass is 32.2. The third-order valence-corrected chi connectivity index (χ3v) is 2.61. The molecule has 0 spiro atoms. The van der Waals surface area contributed by atoms with Crippen LogP contribution in [-0.2, 0) is 4.74 Å². The number of rotatable bonds is 2. The largest absolute Gasteiger partial charge is 0.446 e. The molecule has 0 fully saturated rings. The SMILES string of the molecule is CC(C)(C)OC(=O)Nc1ccc(SC(F)(F)F)cc1N. The molecule has 0 bridgehead atoms. The molecular weight excluding hydrogens is 293 g/mol. The zero-order chi connectivity index (χ0) is 15.6. The number of anilines is 2. The summed E-state index contributed by atoms with van der Waals surface area (Å²) in [7, 11) is 0. The van der Waals surface area contributed by atoms with Crippen LogP contribution in [0, 0.1) is 0 Å². The second-order valence-corrected chi connectivity index (χ2v) is 6.06. The Morgan fingerprint density at radius 2 is 1.90 bits per heavy atom. The van der Waals surface area contributed by atoms with E-state index in [0.29, 0.717) is 0 Å². The Hall–Kier alpha value is -1.57. The van der Waals surface area contributed by atoms with Crippen molar-refractivity contribution >= 4 is 29.2 Å². The number of amides is 1. The van der Waals surface area contributed by atoms with Crippen LogP contribution >= 0.6 is 11.8 Å². The molecule has 112 valence electrons. The van der Waals surface area contributed by atoms with Crippen molar-refractivity contribution in [2.75, 3.05) is 11.1 Å². The molecule has 0 heterocycles. The normalized spacial score (nSPS) is 12.1. The predicted octanol–water partition coefficient (Wildman–Crippen LogP) is 4.23. The lowest BCUT2D eigenvalue weighted by molar-refractivity contribution is -0.0328. The van der Waals surface area contributed by atoms with Crippen LogP contribution in [0.25, 0.3) is 0 Å². The summed E-state index contributed by atoms with van der Waals surface area (Å²) in [5.74, 6) is 0. The molecule has 1 amide bonds. The number of nitrogens with two attached hydrogens (primary N) is 1. The lowest BCUT2D eigenvalue weighted by Gasteiger charge is -2.20. The third kappa shape index (κ3) is 6.05. The van der Waals surface area contributed by atoms with Crippen molar-refractivity contribution in [3.63, 3.8) is 0 Å². The summed E-state index contributed by atoms with van der Waals surface area (Å²) in [5.41, 5.74) is 0.776. The van der Waals surface area contributed by atoms with Gasteiger partial charge in [0.15, 0.2) is 0 Å². The van der Waals surface area contributed by atoms with E-state index in [0.717, 1.165) is 6.07 Å². The fourth-order valence-corrected chi connectivity index (χ4v) is 1.85. The van der Waals surface area contributed by atoms with Crippen molar-refractivity contribution in [1.82, 2.24) is 0 Å². The number of halogens is 3. The monoisotopic (exact) mass is 308 g/mol. The Bertz CT molecular complexity index is 498. The van der Waals surface area contributed by atoms with Gasteiger partial charge >= 0.3 is 11.6 Å². The minimum absolute atomic E-state index is 0.0325. The fourth-order valence-electron chi connectivity index (χ4n) is 1.27. The highest BCUT2D eigenvalue weighted by molar-refractivity contribution is 8.00. The molecule has 1 aromatic carbocycles. The van der Waals surface area contributed by atoms with E-state index in [-0.39, 0.29) is 28.0 Å². The van der Waals surface area contributed by atoms with Gasteiger partial charge in [0, 0.05) is 4.90 Å². The number of nitrogens with one attached hydrogen (secondary N) is 1. The summed E-state index contributed by atoms with van der Waals surface area (Å²) in [6, 6.07) is 3.67. The molecule has 0 aliphatic heterocycles. The van der Waals surface area contributed by atoms with Gasteiger partial charge in [0.1, 0.15) is 5.60 Å². The second kappa shape index (κ2) is 5.82. The molecular formula is C12H15F3N2O2S. The number of carbonyl (C=O) groups is 1. The van der Waals surface area contributed by atoms with Crippen molar-refractivity contribution < 1.29 is 22.7 Å². The summed E-state index contributed by atoms with van der Waals surface area (Å²) in [6.45, 7) is 5.08. The standard InChI is InChI=1S/C12H15F3N2O2S/c1-11(2,3)19-10(18)17-9-5-4-7(6-8(9)16)20-12(13,14)15/h4-6H,16H2,1-3H3,(H,17,18). The minimum Gasteiger partial charge on any atom is -0.444 e. The highest BCUT2D eigenvalue weighted by Gasteiger charge is 2.29. The van der Waals surface area contributed by atoms with Gasteiger partial charge < -0.3 is 10.5 Å². The van der Waals surface area contributed by atoms with Crippen LogP contribution in [0.5, 0.6) is 0 Å². The minimum atomic E-state index is -4.38. The first-order valence-corrected chi connectivity index (χ1v) is 6.43. The number of hydrogen-bond donors (Lipinski definition) is 2. The Balaban J connectivity index is 2.76. The Labute approximate surface area is 118 Å². The van der Waals surface area contributed by atoms with Crippen LogP contribution in [-0.4, -0.2) is 17.2 Å². The lowest BCUT2D eigenvalue weighted by atomic mass is 10.2. The molecule has 20 heavy (non-hydrogen) atoms. The molecule has 0 aromatic heterocycles. The van der Waals surface area contributed by atoms with Crippen molar-refractivity contribution in [3.8, 4) is 0 Å². The molecule has 8 heteroatoms. The van der Waals surface area contributed by atoms with Gasteiger partial charge in [0.05, 0.1) is 11.4 Å². The van der Waals surface area contributed by atoms with Crippen molar-refractivity contribution in [2.45, 2.75) is 36.8 Å².